The van der Waals surface area contributed by atoms with Crippen molar-refractivity contribution < 1.29 is 4.79 Å². The Bertz CT molecular complexity index is 1190. The Morgan fingerprint density at radius 1 is 1.03 bits per heavy atom. The van der Waals surface area contributed by atoms with Crippen LogP contribution in [-0.4, -0.2) is 25.9 Å². The van der Waals surface area contributed by atoms with Crippen molar-refractivity contribution in [1.29, 1.82) is 0 Å². The molecule has 0 saturated carbocycles. The molecule has 6 heteroatoms. The number of carbonyl (C=O) groups is 1. The zero-order chi connectivity index (χ0) is 21.8. The zero-order valence-electron chi connectivity index (χ0n) is 17.8. The number of ketones is 1. The highest BCUT2D eigenvalue weighted by molar-refractivity contribution is 8.00. The predicted octanol–water partition coefficient (Wildman–Crippen LogP) is 5.05. The third-order valence-corrected chi connectivity index (χ3v) is 6.45. The van der Waals surface area contributed by atoms with Gasteiger partial charge in [-0.3, -0.25) is 4.79 Å². The van der Waals surface area contributed by atoms with Gasteiger partial charge in [-0.25, -0.2) is 4.68 Å². The SMILES string of the molecule is CCCc1ccc(C(=O)[C@H](C)Sc2nnc(Cc3cccc4ccccc34)n2N)cc1. The Morgan fingerprint density at radius 3 is 2.55 bits per heavy atom. The van der Waals surface area contributed by atoms with Gasteiger partial charge in [0.25, 0.3) is 0 Å². The van der Waals surface area contributed by atoms with Gasteiger partial charge in [-0.1, -0.05) is 91.8 Å². The fraction of sp³-hybridized carbons (Fsp3) is 0.240. The minimum absolute atomic E-state index is 0.0617. The van der Waals surface area contributed by atoms with Crippen LogP contribution in [0.3, 0.4) is 0 Å². The Hall–Kier alpha value is -3.12. The summed E-state index contributed by atoms with van der Waals surface area (Å²) in [5.74, 6) is 7.03. The smallest absolute Gasteiger partial charge is 0.210 e. The van der Waals surface area contributed by atoms with E-state index in [1.165, 1.54) is 32.8 Å². The third kappa shape index (κ3) is 4.64. The molecule has 0 unspecified atom stereocenters. The molecular weight excluding hydrogens is 404 g/mol. The van der Waals surface area contributed by atoms with Gasteiger partial charge in [0.15, 0.2) is 11.6 Å². The first-order valence-electron chi connectivity index (χ1n) is 10.5. The Labute approximate surface area is 186 Å². The van der Waals surface area contributed by atoms with E-state index in [9.17, 15) is 4.79 Å². The molecule has 0 radical (unpaired) electrons. The summed E-state index contributed by atoms with van der Waals surface area (Å²) < 4.78 is 1.50. The normalized spacial score (nSPS) is 12.2. The van der Waals surface area contributed by atoms with Crippen LogP contribution in [-0.2, 0) is 12.8 Å². The number of aryl methyl sites for hydroxylation is 1. The molecule has 2 N–H and O–H groups in total. The summed E-state index contributed by atoms with van der Waals surface area (Å²) in [6.45, 7) is 4.03. The van der Waals surface area contributed by atoms with Gasteiger partial charge >= 0.3 is 0 Å². The van der Waals surface area contributed by atoms with Gasteiger partial charge < -0.3 is 5.84 Å². The first-order valence-corrected chi connectivity index (χ1v) is 11.4. The van der Waals surface area contributed by atoms with Gasteiger partial charge in [0.05, 0.1) is 5.25 Å². The molecule has 0 spiro atoms. The quantitative estimate of drug-likeness (QED) is 0.240. The van der Waals surface area contributed by atoms with E-state index in [0.717, 1.165) is 18.4 Å². The van der Waals surface area contributed by atoms with E-state index in [-0.39, 0.29) is 11.0 Å². The lowest BCUT2D eigenvalue weighted by molar-refractivity contribution is 0.0994. The molecule has 0 saturated heterocycles. The van der Waals surface area contributed by atoms with Crippen molar-refractivity contribution in [3.8, 4) is 0 Å². The van der Waals surface area contributed by atoms with E-state index in [0.29, 0.717) is 23.0 Å². The second kappa shape index (κ2) is 9.35. The van der Waals surface area contributed by atoms with Gasteiger partial charge in [0, 0.05) is 12.0 Å². The van der Waals surface area contributed by atoms with E-state index in [2.05, 4.69) is 41.4 Å². The maximum atomic E-state index is 12.9. The number of Topliss-reactive ketones (excluding diaryl/α,β-unsaturated/α-hetero) is 1. The summed E-state index contributed by atoms with van der Waals surface area (Å²) in [6, 6.07) is 22.3. The number of thioether (sulfide) groups is 1. The van der Waals surface area contributed by atoms with E-state index < -0.39 is 0 Å². The second-order valence-electron chi connectivity index (χ2n) is 7.66. The van der Waals surface area contributed by atoms with Crippen LogP contribution in [0.5, 0.6) is 0 Å². The minimum Gasteiger partial charge on any atom is -0.336 e. The Kier molecular flexibility index (Phi) is 6.37. The lowest BCUT2D eigenvalue weighted by Gasteiger charge is -2.11. The Morgan fingerprint density at radius 2 is 1.77 bits per heavy atom. The maximum Gasteiger partial charge on any atom is 0.210 e. The summed E-state index contributed by atoms with van der Waals surface area (Å²) in [6.07, 6.45) is 2.69. The molecule has 0 aliphatic heterocycles. The van der Waals surface area contributed by atoms with Crippen LogP contribution in [0.25, 0.3) is 10.8 Å². The number of rotatable bonds is 8. The first kappa shape index (κ1) is 21.1. The minimum atomic E-state index is -0.311. The van der Waals surface area contributed by atoms with Crippen LogP contribution in [0.4, 0.5) is 0 Å². The van der Waals surface area contributed by atoms with Crippen molar-refractivity contribution in [3.63, 3.8) is 0 Å². The van der Waals surface area contributed by atoms with Gasteiger partial charge in [0.1, 0.15) is 0 Å². The fourth-order valence-electron chi connectivity index (χ4n) is 3.70. The fourth-order valence-corrected chi connectivity index (χ4v) is 4.56. The summed E-state index contributed by atoms with van der Waals surface area (Å²) in [5, 5.41) is 11.1. The topological polar surface area (TPSA) is 73.8 Å². The Balaban J connectivity index is 1.48. The van der Waals surface area contributed by atoms with Gasteiger partial charge in [-0.2, -0.15) is 0 Å². The summed E-state index contributed by atoms with van der Waals surface area (Å²) in [7, 11) is 0. The van der Waals surface area contributed by atoms with E-state index in [4.69, 9.17) is 5.84 Å². The summed E-state index contributed by atoms with van der Waals surface area (Å²) in [5.41, 5.74) is 3.10. The number of benzene rings is 3. The van der Waals surface area contributed by atoms with E-state index >= 15 is 0 Å². The van der Waals surface area contributed by atoms with Crippen molar-refractivity contribution in [1.82, 2.24) is 14.9 Å². The highest BCUT2D eigenvalue weighted by atomic mass is 32.2. The molecule has 31 heavy (non-hydrogen) atoms. The van der Waals surface area contributed by atoms with Crippen LogP contribution in [0.15, 0.2) is 71.9 Å². The predicted molar refractivity (Wildman–Crippen MR) is 127 cm³/mol. The molecule has 1 heterocycles. The average Bonchev–Trinajstić information content (AvgIpc) is 3.13. The van der Waals surface area contributed by atoms with E-state index in [1.54, 1.807) is 0 Å². The molecule has 0 bridgehead atoms. The molecule has 4 aromatic rings. The van der Waals surface area contributed by atoms with Crippen molar-refractivity contribution in [2.75, 3.05) is 5.84 Å². The number of nitrogens with zero attached hydrogens (tertiary/aromatic N) is 3. The molecule has 0 fully saturated rings. The molecule has 0 aliphatic rings. The molecule has 0 amide bonds. The molecule has 158 valence electrons. The van der Waals surface area contributed by atoms with Gasteiger partial charge in [-0.15, -0.1) is 10.2 Å². The second-order valence-corrected chi connectivity index (χ2v) is 8.96. The van der Waals surface area contributed by atoms with Crippen LogP contribution in [0.1, 0.15) is 47.6 Å². The lowest BCUT2D eigenvalue weighted by Crippen LogP contribution is -2.18. The highest BCUT2D eigenvalue weighted by Crippen LogP contribution is 2.26. The number of hydrogen-bond acceptors (Lipinski definition) is 5. The lowest BCUT2D eigenvalue weighted by atomic mass is 10.0. The maximum absolute atomic E-state index is 12.9. The van der Waals surface area contributed by atoms with Crippen molar-refractivity contribution >= 4 is 28.3 Å². The number of nitrogen functional groups attached to an aromatic ring is 1. The van der Waals surface area contributed by atoms with Crippen molar-refractivity contribution in [2.45, 2.75) is 43.5 Å². The van der Waals surface area contributed by atoms with Crippen LogP contribution < -0.4 is 5.84 Å². The van der Waals surface area contributed by atoms with Gasteiger partial charge in [-0.05, 0) is 35.2 Å². The molecule has 1 atom stereocenters. The van der Waals surface area contributed by atoms with Crippen LogP contribution >= 0.6 is 11.8 Å². The average molecular weight is 431 g/mol. The standard InChI is InChI=1S/C25H26N4OS/c1-3-7-18-12-14-20(15-13-18)24(30)17(2)31-25-28-27-23(29(25)26)16-21-10-6-9-19-8-4-5-11-22(19)21/h4-6,8-15,17H,3,7,16,26H2,1-2H3/t17-/m0/s1. The number of carbonyl (C=O) groups excluding carboxylic acids is 1. The van der Waals surface area contributed by atoms with E-state index in [1.807, 2.05) is 49.4 Å². The molecule has 5 nitrogen and oxygen atoms in total. The first-order chi connectivity index (χ1) is 15.1. The third-order valence-electron chi connectivity index (χ3n) is 5.39. The number of aromatic nitrogens is 3. The summed E-state index contributed by atoms with van der Waals surface area (Å²) >= 11 is 1.34. The largest absolute Gasteiger partial charge is 0.336 e. The molecule has 0 aliphatic carbocycles. The van der Waals surface area contributed by atoms with Crippen LogP contribution in [0, 0.1) is 0 Å². The molecular formula is C25H26N4OS. The molecule has 3 aromatic carbocycles. The van der Waals surface area contributed by atoms with Crippen molar-refractivity contribution in [2.24, 2.45) is 0 Å². The molecule has 4 rings (SSSR count). The number of hydrogen-bond donors (Lipinski definition) is 1. The summed E-state index contributed by atoms with van der Waals surface area (Å²) in [4.78, 5) is 12.9. The monoisotopic (exact) mass is 430 g/mol. The van der Waals surface area contributed by atoms with Crippen molar-refractivity contribution in [3.05, 3.63) is 89.2 Å². The van der Waals surface area contributed by atoms with Crippen LogP contribution in [0.2, 0.25) is 0 Å². The number of fused-ring (bicyclic) bond motifs is 1. The zero-order valence-corrected chi connectivity index (χ0v) is 18.6. The number of nitrogens with two attached hydrogens (primary N) is 1. The molecule has 1 aromatic heterocycles. The van der Waals surface area contributed by atoms with Gasteiger partial charge in [0.2, 0.25) is 5.16 Å². The highest BCUT2D eigenvalue weighted by Gasteiger charge is 2.21.